The van der Waals surface area contributed by atoms with E-state index in [1.54, 1.807) is 12.1 Å². The average molecular weight is 358 g/mol. The van der Waals surface area contributed by atoms with E-state index in [1.165, 1.54) is 23.5 Å². The molecule has 1 aromatic heterocycles. The third-order valence-electron chi connectivity index (χ3n) is 3.54. The van der Waals surface area contributed by atoms with Gasteiger partial charge < -0.3 is 0 Å². The Morgan fingerprint density at radius 2 is 1.58 bits per heavy atom. The Bertz CT molecular complexity index is 1050. The van der Waals surface area contributed by atoms with E-state index in [2.05, 4.69) is 6.07 Å². The van der Waals surface area contributed by atoms with Gasteiger partial charge in [-0.05, 0) is 46.2 Å². The number of nitriles is 1. The molecule has 24 heavy (non-hydrogen) atoms. The fourth-order valence-electron chi connectivity index (χ4n) is 2.37. The standard InChI is InChI=1S/C17H11FN2O2S2/c18-16-7-13(5-6-17(16)24(20,21)22)15-10-23-9-14(15)12-3-1-11(8-19)2-4-12/h1-7,9-10H,(H2,20,21,22). The highest BCUT2D eigenvalue weighted by atomic mass is 32.2. The second-order valence-corrected chi connectivity index (χ2v) is 7.35. The normalized spacial score (nSPS) is 11.2. The number of halogens is 1. The molecule has 0 atom stereocenters. The quantitative estimate of drug-likeness (QED) is 0.774. The third-order valence-corrected chi connectivity index (χ3v) is 5.22. The molecule has 120 valence electrons. The van der Waals surface area contributed by atoms with Crippen molar-refractivity contribution in [1.29, 1.82) is 5.26 Å². The van der Waals surface area contributed by atoms with Crippen molar-refractivity contribution < 1.29 is 12.8 Å². The Hall–Kier alpha value is -2.53. The van der Waals surface area contributed by atoms with Crippen LogP contribution >= 0.6 is 11.3 Å². The SMILES string of the molecule is N#Cc1ccc(-c2cscc2-c2ccc(S(N)(=O)=O)c(F)c2)cc1. The van der Waals surface area contributed by atoms with Crippen molar-refractivity contribution >= 4 is 21.4 Å². The van der Waals surface area contributed by atoms with E-state index >= 15 is 0 Å². The van der Waals surface area contributed by atoms with Crippen LogP contribution in [0.3, 0.4) is 0 Å². The molecule has 0 unspecified atom stereocenters. The first-order valence-corrected chi connectivity index (χ1v) is 9.28. The fraction of sp³-hybridized carbons (Fsp3) is 0. The van der Waals surface area contributed by atoms with E-state index in [-0.39, 0.29) is 0 Å². The largest absolute Gasteiger partial charge is 0.240 e. The summed E-state index contributed by atoms with van der Waals surface area (Å²) in [5, 5.41) is 17.6. The van der Waals surface area contributed by atoms with Gasteiger partial charge >= 0.3 is 0 Å². The zero-order chi connectivity index (χ0) is 17.3. The zero-order valence-electron chi connectivity index (χ0n) is 12.2. The molecule has 3 rings (SSSR count). The van der Waals surface area contributed by atoms with Gasteiger partial charge in [0, 0.05) is 11.1 Å². The van der Waals surface area contributed by atoms with E-state index in [0.29, 0.717) is 11.1 Å². The summed E-state index contributed by atoms with van der Waals surface area (Å²) in [4.78, 5) is -0.526. The summed E-state index contributed by atoms with van der Waals surface area (Å²) >= 11 is 1.45. The van der Waals surface area contributed by atoms with Crippen LogP contribution in [-0.4, -0.2) is 8.42 Å². The second kappa shape index (κ2) is 6.17. The van der Waals surface area contributed by atoms with Gasteiger partial charge in [0.1, 0.15) is 10.7 Å². The predicted molar refractivity (Wildman–Crippen MR) is 91.2 cm³/mol. The monoisotopic (exact) mass is 358 g/mol. The maximum absolute atomic E-state index is 14.1. The minimum absolute atomic E-state index is 0.526. The Morgan fingerprint density at radius 3 is 2.12 bits per heavy atom. The number of thiophene rings is 1. The van der Waals surface area contributed by atoms with E-state index in [1.807, 2.05) is 22.9 Å². The number of hydrogen-bond donors (Lipinski definition) is 1. The van der Waals surface area contributed by atoms with E-state index < -0.39 is 20.7 Å². The smallest absolute Gasteiger partial charge is 0.225 e. The van der Waals surface area contributed by atoms with Gasteiger partial charge in [-0.2, -0.15) is 16.6 Å². The van der Waals surface area contributed by atoms with Gasteiger partial charge in [-0.25, -0.2) is 17.9 Å². The highest BCUT2D eigenvalue weighted by Crippen LogP contribution is 2.36. The number of nitrogens with zero attached hydrogens (tertiary/aromatic N) is 1. The lowest BCUT2D eigenvalue weighted by Gasteiger charge is -2.07. The molecule has 0 radical (unpaired) electrons. The van der Waals surface area contributed by atoms with Crippen molar-refractivity contribution in [3.63, 3.8) is 0 Å². The molecule has 0 amide bonds. The molecule has 0 saturated carbocycles. The number of nitrogens with two attached hydrogens (primary N) is 1. The molecule has 4 nitrogen and oxygen atoms in total. The molecule has 7 heteroatoms. The first-order chi connectivity index (χ1) is 11.4. The molecule has 0 bridgehead atoms. The molecule has 1 heterocycles. The average Bonchev–Trinajstić information content (AvgIpc) is 3.03. The summed E-state index contributed by atoms with van der Waals surface area (Å²) in [6, 6.07) is 13.0. The molecule has 3 aromatic rings. The molecule has 0 spiro atoms. The summed E-state index contributed by atoms with van der Waals surface area (Å²) < 4.78 is 36.7. The van der Waals surface area contributed by atoms with Gasteiger partial charge in [0.15, 0.2) is 0 Å². The van der Waals surface area contributed by atoms with Gasteiger partial charge in [0.25, 0.3) is 0 Å². The van der Waals surface area contributed by atoms with Crippen LogP contribution in [0.4, 0.5) is 4.39 Å². The van der Waals surface area contributed by atoms with Crippen molar-refractivity contribution in [3.8, 4) is 28.3 Å². The lowest BCUT2D eigenvalue weighted by atomic mass is 9.98. The molecule has 0 aliphatic carbocycles. The van der Waals surface area contributed by atoms with Crippen LogP contribution < -0.4 is 5.14 Å². The molecule has 0 aliphatic rings. The van der Waals surface area contributed by atoms with Crippen molar-refractivity contribution in [1.82, 2.24) is 0 Å². The van der Waals surface area contributed by atoms with Crippen LogP contribution in [0.25, 0.3) is 22.3 Å². The summed E-state index contributed by atoms with van der Waals surface area (Å²) in [5.41, 5.74) is 3.66. The maximum atomic E-state index is 14.1. The van der Waals surface area contributed by atoms with Gasteiger partial charge in [0.05, 0.1) is 11.6 Å². The second-order valence-electron chi connectivity index (χ2n) is 5.08. The van der Waals surface area contributed by atoms with Crippen LogP contribution in [0.15, 0.2) is 58.1 Å². The van der Waals surface area contributed by atoms with Crippen molar-refractivity contribution in [3.05, 3.63) is 64.6 Å². The number of rotatable bonds is 3. The van der Waals surface area contributed by atoms with Gasteiger partial charge in [0.2, 0.25) is 10.0 Å². The van der Waals surface area contributed by atoms with E-state index in [4.69, 9.17) is 10.4 Å². The van der Waals surface area contributed by atoms with Gasteiger partial charge in [-0.15, -0.1) is 0 Å². The minimum Gasteiger partial charge on any atom is -0.225 e. The van der Waals surface area contributed by atoms with Gasteiger partial charge in [-0.1, -0.05) is 18.2 Å². The first kappa shape index (κ1) is 16.3. The van der Waals surface area contributed by atoms with Crippen molar-refractivity contribution in [2.75, 3.05) is 0 Å². The highest BCUT2D eigenvalue weighted by molar-refractivity contribution is 7.89. The van der Waals surface area contributed by atoms with Crippen LogP contribution in [0.1, 0.15) is 5.56 Å². The molecular weight excluding hydrogens is 347 g/mol. The summed E-state index contributed by atoms with van der Waals surface area (Å²) in [6.45, 7) is 0. The lowest BCUT2D eigenvalue weighted by molar-refractivity contribution is 0.568. The van der Waals surface area contributed by atoms with Gasteiger partial charge in [-0.3, -0.25) is 0 Å². The maximum Gasteiger partial charge on any atom is 0.240 e. The van der Waals surface area contributed by atoms with Crippen molar-refractivity contribution in [2.45, 2.75) is 4.90 Å². The summed E-state index contributed by atoms with van der Waals surface area (Å²) in [7, 11) is -4.09. The number of sulfonamides is 1. The predicted octanol–water partition coefficient (Wildman–Crippen LogP) is 3.74. The minimum atomic E-state index is -4.09. The zero-order valence-corrected chi connectivity index (χ0v) is 13.9. The number of hydrogen-bond acceptors (Lipinski definition) is 4. The molecule has 0 saturated heterocycles. The molecule has 0 fully saturated rings. The highest BCUT2D eigenvalue weighted by Gasteiger charge is 2.16. The lowest BCUT2D eigenvalue weighted by Crippen LogP contribution is -2.13. The number of benzene rings is 2. The van der Waals surface area contributed by atoms with E-state index in [0.717, 1.165) is 22.8 Å². The molecule has 0 aliphatic heterocycles. The topological polar surface area (TPSA) is 83.9 Å². The van der Waals surface area contributed by atoms with Crippen LogP contribution in [-0.2, 0) is 10.0 Å². The third kappa shape index (κ3) is 3.08. The van der Waals surface area contributed by atoms with Crippen molar-refractivity contribution in [2.24, 2.45) is 5.14 Å². The molecular formula is C17H11FN2O2S2. The van der Waals surface area contributed by atoms with E-state index in [9.17, 15) is 12.8 Å². The van der Waals surface area contributed by atoms with Crippen LogP contribution in [0.2, 0.25) is 0 Å². The Morgan fingerprint density at radius 1 is 1.00 bits per heavy atom. The first-order valence-electron chi connectivity index (χ1n) is 6.79. The Balaban J connectivity index is 2.07. The Labute approximate surface area is 142 Å². The van der Waals surface area contributed by atoms with Crippen LogP contribution in [0, 0.1) is 17.1 Å². The fourth-order valence-corrected chi connectivity index (χ4v) is 3.82. The Kier molecular flexibility index (Phi) is 4.20. The summed E-state index contributed by atoms with van der Waals surface area (Å²) in [5.74, 6) is -0.882. The van der Waals surface area contributed by atoms with Crippen LogP contribution in [0.5, 0.6) is 0 Å². The number of primary sulfonamides is 1. The molecule has 2 N–H and O–H groups in total. The summed E-state index contributed by atoms with van der Waals surface area (Å²) in [6.07, 6.45) is 0. The molecule has 2 aromatic carbocycles.